The van der Waals surface area contributed by atoms with Gasteiger partial charge in [0.1, 0.15) is 6.10 Å². The molecule has 2 atom stereocenters. The first-order chi connectivity index (χ1) is 8.69. The molecule has 2 aromatic rings. The van der Waals surface area contributed by atoms with Gasteiger partial charge in [0.25, 0.3) is 0 Å². The molecular formula is C13H12N2O3. The van der Waals surface area contributed by atoms with Crippen molar-refractivity contribution >= 4 is 17.2 Å². The van der Waals surface area contributed by atoms with Crippen LogP contribution in [-0.4, -0.2) is 27.6 Å². The van der Waals surface area contributed by atoms with E-state index in [0.717, 1.165) is 0 Å². The average molecular weight is 244 g/mol. The molecule has 1 aromatic carbocycles. The lowest BCUT2D eigenvalue weighted by molar-refractivity contribution is 0.0225. The molecule has 1 aromatic heterocycles. The Balaban J connectivity index is 2.53. The molecule has 2 rings (SSSR count). The minimum absolute atomic E-state index is 0.168. The van der Waals surface area contributed by atoms with Gasteiger partial charge in [-0.25, -0.2) is 0 Å². The fraction of sp³-hybridized carbons (Fsp3) is 0.231. The lowest BCUT2D eigenvalue weighted by Crippen LogP contribution is -2.17. The van der Waals surface area contributed by atoms with Crippen molar-refractivity contribution in [2.45, 2.75) is 18.6 Å². The van der Waals surface area contributed by atoms with E-state index in [4.69, 9.17) is 5.26 Å². The smallest absolute Gasteiger partial charge is 0.152 e. The van der Waals surface area contributed by atoms with E-state index in [9.17, 15) is 15.0 Å². The Morgan fingerprint density at radius 3 is 2.89 bits per heavy atom. The SMILES string of the molecule is N#CCC(O)C(O)c1cccc2[nH]cc(C=O)c12. The molecule has 0 bridgehead atoms. The van der Waals surface area contributed by atoms with Gasteiger partial charge >= 0.3 is 0 Å². The lowest BCUT2D eigenvalue weighted by Gasteiger charge is -2.16. The number of H-pyrrole nitrogens is 1. The van der Waals surface area contributed by atoms with Crippen molar-refractivity contribution in [1.29, 1.82) is 5.26 Å². The van der Waals surface area contributed by atoms with E-state index in [1.807, 2.05) is 0 Å². The summed E-state index contributed by atoms with van der Waals surface area (Å²) < 4.78 is 0. The largest absolute Gasteiger partial charge is 0.389 e. The molecule has 0 aliphatic carbocycles. The van der Waals surface area contributed by atoms with Gasteiger partial charge in [0.15, 0.2) is 6.29 Å². The number of carbonyl (C=O) groups is 1. The zero-order chi connectivity index (χ0) is 13.1. The maximum absolute atomic E-state index is 10.9. The third kappa shape index (κ3) is 1.99. The highest BCUT2D eigenvalue weighted by Gasteiger charge is 2.21. The number of carbonyl (C=O) groups excluding carboxylic acids is 1. The summed E-state index contributed by atoms with van der Waals surface area (Å²) in [5.74, 6) is 0. The van der Waals surface area contributed by atoms with Gasteiger partial charge in [0.05, 0.1) is 18.6 Å². The second-order valence-electron chi connectivity index (χ2n) is 4.01. The highest BCUT2D eigenvalue weighted by molar-refractivity contribution is 5.99. The third-order valence-corrected chi connectivity index (χ3v) is 2.88. The van der Waals surface area contributed by atoms with E-state index in [1.165, 1.54) is 0 Å². The van der Waals surface area contributed by atoms with Gasteiger partial charge in [0, 0.05) is 22.7 Å². The number of rotatable bonds is 4. The average Bonchev–Trinajstić information content (AvgIpc) is 2.81. The van der Waals surface area contributed by atoms with Gasteiger partial charge in [-0.15, -0.1) is 0 Å². The molecule has 0 aliphatic rings. The van der Waals surface area contributed by atoms with Gasteiger partial charge in [-0.1, -0.05) is 12.1 Å². The number of nitriles is 1. The topological polar surface area (TPSA) is 97.1 Å². The van der Waals surface area contributed by atoms with Gasteiger partial charge in [-0.3, -0.25) is 4.79 Å². The molecule has 0 spiro atoms. The number of fused-ring (bicyclic) bond motifs is 1. The number of hydrogen-bond acceptors (Lipinski definition) is 4. The molecule has 18 heavy (non-hydrogen) atoms. The van der Waals surface area contributed by atoms with Gasteiger partial charge in [0.2, 0.25) is 0 Å². The van der Waals surface area contributed by atoms with Crippen LogP contribution in [0.15, 0.2) is 24.4 Å². The van der Waals surface area contributed by atoms with E-state index in [1.54, 1.807) is 30.5 Å². The van der Waals surface area contributed by atoms with Crippen LogP contribution in [0.3, 0.4) is 0 Å². The highest BCUT2D eigenvalue weighted by atomic mass is 16.3. The summed E-state index contributed by atoms with van der Waals surface area (Å²) in [6, 6.07) is 6.92. The maximum Gasteiger partial charge on any atom is 0.152 e. The number of aliphatic hydroxyl groups is 2. The lowest BCUT2D eigenvalue weighted by atomic mass is 9.97. The van der Waals surface area contributed by atoms with Crippen LogP contribution >= 0.6 is 0 Å². The fourth-order valence-electron chi connectivity index (χ4n) is 1.99. The summed E-state index contributed by atoms with van der Waals surface area (Å²) in [6.07, 6.45) is -0.299. The molecule has 0 aliphatic heterocycles. The summed E-state index contributed by atoms with van der Waals surface area (Å²) in [5.41, 5.74) is 1.57. The van der Waals surface area contributed by atoms with Crippen molar-refractivity contribution in [3.05, 3.63) is 35.5 Å². The normalized spacial score (nSPS) is 14.1. The van der Waals surface area contributed by atoms with Crippen molar-refractivity contribution in [2.24, 2.45) is 0 Å². The predicted molar refractivity (Wildman–Crippen MR) is 64.9 cm³/mol. The first-order valence-electron chi connectivity index (χ1n) is 5.47. The molecule has 0 fully saturated rings. The number of aldehydes is 1. The molecule has 5 heteroatoms. The van der Waals surface area contributed by atoms with Crippen molar-refractivity contribution < 1.29 is 15.0 Å². The van der Waals surface area contributed by atoms with Crippen LogP contribution in [0.2, 0.25) is 0 Å². The molecule has 5 nitrogen and oxygen atoms in total. The number of aromatic nitrogens is 1. The monoisotopic (exact) mass is 244 g/mol. The van der Waals surface area contributed by atoms with E-state index in [2.05, 4.69) is 4.98 Å². The fourth-order valence-corrected chi connectivity index (χ4v) is 1.99. The van der Waals surface area contributed by atoms with E-state index >= 15 is 0 Å². The Hall–Kier alpha value is -2.16. The number of nitrogens with zero attached hydrogens (tertiary/aromatic N) is 1. The van der Waals surface area contributed by atoms with Gasteiger partial charge < -0.3 is 15.2 Å². The van der Waals surface area contributed by atoms with Crippen LogP contribution in [0, 0.1) is 11.3 Å². The first-order valence-corrected chi connectivity index (χ1v) is 5.47. The molecule has 0 saturated heterocycles. The summed E-state index contributed by atoms with van der Waals surface area (Å²) in [6.45, 7) is 0. The summed E-state index contributed by atoms with van der Waals surface area (Å²) in [5, 5.41) is 28.8. The Morgan fingerprint density at radius 1 is 1.44 bits per heavy atom. The molecule has 92 valence electrons. The highest BCUT2D eigenvalue weighted by Crippen LogP contribution is 2.29. The number of nitrogens with one attached hydrogen (secondary N) is 1. The van der Waals surface area contributed by atoms with Crippen molar-refractivity contribution in [2.75, 3.05) is 0 Å². The minimum atomic E-state index is -1.19. The molecule has 0 saturated carbocycles. The van der Waals surface area contributed by atoms with Crippen LogP contribution in [0.5, 0.6) is 0 Å². The second kappa shape index (κ2) is 5.00. The standard InChI is InChI=1S/C13H12N2O3/c14-5-4-11(17)13(18)9-2-1-3-10-12(9)8(7-16)6-15-10/h1-3,6-7,11,13,15,17-18H,4H2. The first kappa shape index (κ1) is 12.3. The van der Waals surface area contributed by atoms with Gasteiger partial charge in [-0.05, 0) is 11.6 Å². The summed E-state index contributed by atoms with van der Waals surface area (Å²) in [4.78, 5) is 13.9. The molecule has 0 radical (unpaired) electrons. The molecule has 3 N–H and O–H groups in total. The third-order valence-electron chi connectivity index (χ3n) is 2.88. The van der Waals surface area contributed by atoms with Crippen LogP contribution in [0.1, 0.15) is 28.4 Å². The Labute approximate surface area is 103 Å². The van der Waals surface area contributed by atoms with E-state index in [-0.39, 0.29) is 6.42 Å². The van der Waals surface area contributed by atoms with Crippen LogP contribution in [-0.2, 0) is 0 Å². The number of hydrogen-bond donors (Lipinski definition) is 3. The Morgan fingerprint density at radius 2 is 2.22 bits per heavy atom. The van der Waals surface area contributed by atoms with Crippen LogP contribution < -0.4 is 0 Å². The zero-order valence-corrected chi connectivity index (χ0v) is 9.50. The molecular weight excluding hydrogens is 232 g/mol. The molecule has 2 unspecified atom stereocenters. The van der Waals surface area contributed by atoms with Crippen LogP contribution in [0.25, 0.3) is 10.9 Å². The van der Waals surface area contributed by atoms with Crippen molar-refractivity contribution in [3.8, 4) is 6.07 Å². The van der Waals surface area contributed by atoms with Crippen LogP contribution in [0.4, 0.5) is 0 Å². The number of aromatic amines is 1. The van der Waals surface area contributed by atoms with Gasteiger partial charge in [-0.2, -0.15) is 5.26 Å². The molecule has 1 heterocycles. The number of benzene rings is 1. The van der Waals surface area contributed by atoms with Crippen molar-refractivity contribution in [1.82, 2.24) is 4.98 Å². The maximum atomic E-state index is 10.9. The summed E-state index contributed by atoms with van der Waals surface area (Å²) in [7, 11) is 0. The Kier molecular flexibility index (Phi) is 3.42. The second-order valence-corrected chi connectivity index (χ2v) is 4.01. The molecule has 0 amide bonds. The van der Waals surface area contributed by atoms with Crippen molar-refractivity contribution in [3.63, 3.8) is 0 Å². The summed E-state index contributed by atoms with van der Waals surface area (Å²) >= 11 is 0. The quantitative estimate of drug-likeness (QED) is 0.706. The van der Waals surface area contributed by atoms with E-state index < -0.39 is 12.2 Å². The Bertz CT molecular complexity index is 612. The minimum Gasteiger partial charge on any atom is -0.389 e. The number of aliphatic hydroxyl groups excluding tert-OH is 2. The predicted octanol–water partition coefficient (Wildman–Crippen LogP) is 1.29. The van der Waals surface area contributed by atoms with E-state index in [0.29, 0.717) is 28.3 Å². The zero-order valence-electron chi connectivity index (χ0n) is 9.50.